The fourth-order valence-electron chi connectivity index (χ4n) is 3.48. The summed E-state index contributed by atoms with van der Waals surface area (Å²) in [6.45, 7) is 5.65. The van der Waals surface area contributed by atoms with Gasteiger partial charge in [-0.15, -0.1) is 0 Å². The number of carbonyl (C=O) groups is 1. The number of pyridine rings is 2. The van der Waals surface area contributed by atoms with E-state index in [9.17, 15) is 4.79 Å². The molecule has 5 aromatic rings. The maximum atomic E-state index is 12.3. The first kappa shape index (κ1) is 19.0. The lowest BCUT2D eigenvalue weighted by Gasteiger charge is -2.17. The minimum atomic E-state index is -0.476. The summed E-state index contributed by atoms with van der Waals surface area (Å²) in [5.74, 6) is -0.0488. The molecule has 0 spiro atoms. The predicted molar refractivity (Wildman–Crippen MR) is 122 cm³/mol. The Balaban J connectivity index is 1.54. The molecule has 0 bridgehead atoms. The van der Waals surface area contributed by atoms with E-state index in [-0.39, 0.29) is 5.91 Å². The number of nitrogens with one attached hydrogen (secondary N) is 3. The van der Waals surface area contributed by atoms with Crippen molar-refractivity contribution in [1.82, 2.24) is 25.1 Å². The van der Waals surface area contributed by atoms with E-state index >= 15 is 0 Å². The molecule has 0 fully saturated rings. The van der Waals surface area contributed by atoms with Crippen LogP contribution in [-0.4, -0.2) is 31.1 Å². The molecule has 1 amide bonds. The zero-order chi connectivity index (χ0) is 21.6. The van der Waals surface area contributed by atoms with Crippen LogP contribution >= 0.6 is 0 Å². The highest BCUT2D eigenvalue weighted by Crippen LogP contribution is 2.32. The highest BCUT2D eigenvalue weighted by atomic mass is 16.2. The van der Waals surface area contributed by atoms with Gasteiger partial charge in [0, 0.05) is 34.1 Å². The molecule has 3 N–H and O–H groups in total. The molecule has 0 saturated heterocycles. The van der Waals surface area contributed by atoms with E-state index < -0.39 is 5.41 Å². The first-order valence-corrected chi connectivity index (χ1v) is 10.1. The molecule has 5 rings (SSSR count). The van der Waals surface area contributed by atoms with E-state index in [4.69, 9.17) is 0 Å². The summed E-state index contributed by atoms with van der Waals surface area (Å²) < 4.78 is 0. The number of aromatic amines is 2. The molecule has 7 heteroatoms. The Bertz CT molecular complexity index is 1390. The largest absolute Gasteiger partial charge is 0.352 e. The lowest BCUT2D eigenvalue weighted by Crippen LogP contribution is -2.27. The number of nitrogens with zero attached hydrogens (tertiary/aromatic N) is 3. The van der Waals surface area contributed by atoms with Crippen LogP contribution in [0, 0.1) is 5.41 Å². The number of benzene rings is 1. The quantitative estimate of drug-likeness (QED) is 0.383. The molecular weight excluding hydrogens is 388 g/mol. The summed E-state index contributed by atoms with van der Waals surface area (Å²) in [5, 5.41) is 12.7. The molecule has 0 atom stereocenters. The van der Waals surface area contributed by atoms with E-state index in [1.807, 2.05) is 51.2 Å². The Labute approximate surface area is 178 Å². The second-order valence-corrected chi connectivity index (χ2v) is 8.64. The highest BCUT2D eigenvalue weighted by Gasteiger charge is 2.21. The van der Waals surface area contributed by atoms with E-state index in [1.165, 1.54) is 0 Å². The first-order valence-electron chi connectivity index (χ1n) is 10.1. The van der Waals surface area contributed by atoms with Crippen LogP contribution < -0.4 is 5.32 Å². The second-order valence-electron chi connectivity index (χ2n) is 8.64. The van der Waals surface area contributed by atoms with Crippen molar-refractivity contribution in [1.29, 1.82) is 0 Å². The molecular formula is C24H22N6O. The number of aromatic nitrogens is 5. The van der Waals surface area contributed by atoms with Crippen molar-refractivity contribution in [3.8, 4) is 22.5 Å². The monoisotopic (exact) mass is 410 g/mol. The second kappa shape index (κ2) is 7.05. The minimum Gasteiger partial charge on any atom is -0.352 e. The minimum absolute atomic E-state index is 0.0488. The Hall–Kier alpha value is -4.00. The first-order chi connectivity index (χ1) is 14.9. The normalized spacial score (nSPS) is 11.8. The Morgan fingerprint density at radius 3 is 2.61 bits per heavy atom. The molecule has 0 aliphatic rings. The van der Waals surface area contributed by atoms with E-state index in [0.29, 0.717) is 5.69 Å². The van der Waals surface area contributed by atoms with Crippen molar-refractivity contribution in [2.75, 3.05) is 5.32 Å². The van der Waals surface area contributed by atoms with Crippen molar-refractivity contribution < 1.29 is 4.79 Å². The van der Waals surface area contributed by atoms with Crippen LogP contribution in [0.5, 0.6) is 0 Å². The van der Waals surface area contributed by atoms with Crippen LogP contribution in [0.4, 0.5) is 5.69 Å². The van der Waals surface area contributed by atoms with Crippen LogP contribution in [0.3, 0.4) is 0 Å². The fraction of sp³-hybridized carbons (Fsp3) is 0.167. The van der Waals surface area contributed by atoms with Crippen molar-refractivity contribution in [2.45, 2.75) is 20.8 Å². The molecule has 7 nitrogen and oxygen atoms in total. The number of hydrogen-bond acceptors (Lipinski definition) is 4. The summed E-state index contributed by atoms with van der Waals surface area (Å²) >= 11 is 0. The number of hydrogen-bond donors (Lipinski definition) is 3. The molecule has 0 radical (unpaired) electrons. The van der Waals surface area contributed by atoms with Crippen LogP contribution in [-0.2, 0) is 4.79 Å². The molecule has 154 valence electrons. The van der Waals surface area contributed by atoms with Gasteiger partial charge in [0.05, 0.1) is 34.8 Å². The lowest BCUT2D eigenvalue weighted by molar-refractivity contribution is -0.123. The third kappa shape index (κ3) is 3.54. The molecule has 1 aromatic carbocycles. The zero-order valence-electron chi connectivity index (χ0n) is 17.5. The third-order valence-electron chi connectivity index (χ3n) is 5.25. The summed E-state index contributed by atoms with van der Waals surface area (Å²) in [5.41, 5.74) is 5.79. The predicted octanol–water partition coefficient (Wildman–Crippen LogP) is 5.15. The highest BCUT2D eigenvalue weighted by molar-refractivity contribution is 5.98. The van der Waals surface area contributed by atoms with E-state index in [1.54, 1.807) is 18.6 Å². The Morgan fingerprint density at radius 2 is 1.81 bits per heavy atom. The number of H-pyrrole nitrogens is 2. The average Bonchev–Trinajstić information content (AvgIpc) is 3.36. The average molecular weight is 410 g/mol. The van der Waals surface area contributed by atoms with Crippen LogP contribution in [0.25, 0.3) is 44.3 Å². The fourth-order valence-corrected chi connectivity index (χ4v) is 3.48. The molecule has 31 heavy (non-hydrogen) atoms. The summed E-state index contributed by atoms with van der Waals surface area (Å²) in [6.07, 6.45) is 7.04. The van der Waals surface area contributed by atoms with Crippen molar-refractivity contribution in [3.63, 3.8) is 0 Å². The topological polar surface area (TPSA) is 99.3 Å². The SMILES string of the molecule is CC(C)(C)C(=O)Nc1cncc(-c2ccc3[nH]nc(-c4cc5ccncc5[nH]4)c3c2)c1. The maximum absolute atomic E-state index is 12.3. The van der Waals surface area contributed by atoms with Gasteiger partial charge in [0.2, 0.25) is 5.91 Å². The van der Waals surface area contributed by atoms with E-state index in [0.717, 1.165) is 44.3 Å². The summed E-state index contributed by atoms with van der Waals surface area (Å²) in [4.78, 5) is 24.2. The van der Waals surface area contributed by atoms with E-state index in [2.05, 4.69) is 42.6 Å². The van der Waals surface area contributed by atoms with Crippen LogP contribution in [0.15, 0.2) is 61.2 Å². The number of carbonyl (C=O) groups excluding carboxylic acids is 1. The summed E-state index contributed by atoms with van der Waals surface area (Å²) in [6, 6.07) is 12.1. The zero-order valence-corrected chi connectivity index (χ0v) is 17.5. The van der Waals surface area contributed by atoms with Gasteiger partial charge in [-0.1, -0.05) is 26.8 Å². The lowest BCUT2D eigenvalue weighted by atomic mass is 9.95. The molecule has 4 aromatic heterocycles. The van der Waals surface area contributed by atoms with Gasteiger partial charge in [-0.25, -0.2) is 0 Å². The molecule has 0 saturated carbocycles. The standard InChI is InChI=1S/C24H22N6O/c1-24(2,3)23(31)27-17-8-16(11-26-12-17)14-4-5-19-18(9-14)22(30-29-19)20-10-15-6-7-25-13-21(15)28-20/h4-13,28H,1-3H3,(H,27,31)(H,29,30). The summed E-state index contributed by atoms with van der Waals surface area (Å²) in [7, 11) is 0. The Kier molecular flexibility index (Phi) is 4.32. The number of fused-ring (bicyclic) bond motifs is 2. The van der Waals surface area contributed by atoms with Crippen LogP contribution in [0.2, 0.25) is 0 Å². The molecule has 4 heterocycles. The van der Waals surface area contributed by atoms with Gasteiger partial charge in [0.1, 0.15) is 5.69 Å². The third-order valence-corrected chi connectivity index (χ3v) is 5.25. The maximum Gasteiger partial charge on any atom is 0.229 e. The molecule has 0 unspecified atom stereocenters. The van der Waals surface area contributed by atoms with Crippen molar-refractivity contribution >= 4 is 33.4 Å². The van der Waals surface area contributed by atoms with Gasteiger partial charge in [0.15, 0.2) is 0 Å². The van der Waals surface area contributed by atoms with Gasteiger partial charge in [-0.2, -0.15) is 5.10 Å². The van der Waals surface area contributed by atoms with Crippen molar-refractivity contribution in [3.05, 3.63) is 61.2 Å². The van der Waals surface area contributed by atoms with Gasteiger partial charge in [-0.3, -0.25) is 19.9 Å². The van der Waals surface area contributed by atoms with Crippen LogP contribution in [0.1, 0.15) is 20.8 Å². The number of amides is 1. The van der Waals surface area contributed by atoms with Gasteiger partial charge < -0.3 is 10.3 Å². The molecule has 0 aliphatic carbocycles. The van der Waals surface area contributed by atoms with Crippen molar-refractivity contribution in [2.24, 2.45) is 5.41 Å². The molecule has 0 aliphatic heterocycles. The number of rotatable bonds is 3. The number of anilines is 1. The van der Waals surface area contributed by atoms with Gasteiger partial charge in [-0.05, 0) is 35.9 Å². The smallest absolute Gasteiger partial charge is 0.229 e. The van der Waals surface area contributed by atoms with Gasteiger partial charge in [0.25, 0.3) is 0 Å². The Morgan fingerprint density at radius 1 is 0.935 bits per heavy atom. The van der Waals surface area contributed by atoms with Gasteiger partial charge >= 0.3 is 0 Å².